The second-order valence-electron chi connectivity index (χ2n) is 6.11. The van der Waals surface area contributed by atoms with E-state index in [-0.39, 0.29) is 29.7 Å². The molecule has 0 aliphatic carbocycles. The molecule has 1 N–H and O–H groups in total. The van der Waals surface area contributed by atoms with Crippen molar-refractivity contribution in [2.75, 3.05) is 11.5 Å². The molecule has 2 heterocycles. The number of alkyl halides is 3. The van der Waals surface area contributed by atoms with E-state index in [1.807, 2.05) is 0 Å². The Balaban J connectivity index is 1.57. The number of amides is 1. The van der Waals surface area contributed by atoms with E-state index in [1.54, 1.807) is 0 Å². The Morgan fingerprint density at radius 1 is 1.33 bits per heavy atom. The number of carbonyl (C=O) groups excluding carboxylic acids is 1. The highest BCUT2D eigenvalue weighted by Gasteiger charge is 2.31. The molecule has 1 atom stereocenters. The van der Waals surface area contributed by atoms with Crippen molar-refractivity contribution < 1.29 is 31.1 Å². The van der Waals surface area contributed by atoms with Gasteiger partial charge in [0, 0.05) is 12.2 Å². The molecule has 0 saturated carbocycles. The third-order valence-corrected chi connectivity index (χ3v) is 5.73. The Kier molecular flexibility index (Phi) is 5.13. The summed E-state index contributed by atoms with van der Waals surface area (Å²) in [5.41, 5.74) is -0.765. The van der Waals surface area contributed by atoms with Gasteiger partial charge in [-0.1, -0.05) is 6.07 Å². The van der Waals surface area contributed by atoms with Crippen molar-refractivity contribution in [3.8, 4) is 5.75 Å². The van der Waals surface area contributed by atoms with Crippen molar-refractivity contribution in [3.63, 3.8) is 0 Å². The molecule has 1 aliphatic heterocycles. The Morgan fingerprint density at radius 2 is 2.11 bits per heavy atom. The van der Waals surface area contributed by atoms with Crippen molar-refractivity contribution in [2.45, 2.75) is 25.4 Å². The largest absolute Gasteiger partial charge is 0.471 e. The summed E-state index contributed by atoms with van der Waals surface area (Å²) in [6.45, 7) is -0.188. The van der Waals surface area contributed by atoms with Gasteiger partial charge < -0.3 is 10.1 Å². The van der Waals surface area contributed by atoms with Crippen LogP contribution in [0.2, 0.25) is 0 Å². The fraction of sp³-hybridized carbons (Fsp3) is 0.375. The van der Waals surface area contributed by atoms with Crippen LogP contribution < -0.4 is 10.1 Å². The highest BCUT2D eigenvalue weighted by Crippen LogP contribution is 2.31. The van der Waals surface area contributed by atoms with E-state index in [4.69, 9.17) is 4.74 Å². The zero-order valence-corrected chi connectivity index (χ0v) is 14.8. The lowest BCUT2D eigenvalue weighted by Gasteiger charge is -2.10. The van der Waals surface area contributed by atoms with Crippen molar-refractivity contribution in [3.05, 3.63) is 47.8 Å². The maximum Gasteiger partial charge on any atom is 0.416 e. The monoisotopic (exact) mass is 403 g/mol. The first kappa shape index (κ1) is 19.2. The van der Waals surface area contributed by atoms with Gasteiger partial charge in [-0.2, -0.15) is 18.3 Å². The summed E-state index contributed by atoms with van der Waals surface area (Å²) in [5.74, 6) is -0.563. The Morgan fingerprint density at radius 3 is 2.78 bits per heavy atom. The van der Waals surface area contributed by atoms with Gasteiger partial charge in [0.25, 0.3) is 5.91 Å². The third kappa shape index (κ3) is 5.00. The molecule has 0 radical (unpaired) electrons. The van der Waals surface area contributed by atoms with Gasteiger partial charge in [0.15, 0.2) is 16.6 Å². The van der Waals surface area contributed by atoms with Crippen LogP contribution in [0.1, 0.15) is 22.5 Å². The maximum absolute atomic E-state index is 12.7. The highest BCUT2D eigenvalue weighted by atomic mass is 32.2. The van der Waals surface area contributed by atoms with Crippen molar-refractivity contribution >= 4 is 15.7 Å². The number of sulfone groups is 1. The first-order chi connectivity index (χ1) is 12.6. The van der Waals surface area contributed by atoms with Crippen LogP contribution in [-0.2, 0) is 22.7 Å². The van der Waals surface area contributed by atoms with Crippen LogP contribution in [0.25, 0.3) is 0 Å². The van der Waals surface area contributed by atoms with Crippen LogP contribution >= 0.6 is 0 Å². The van der Waals surface area contributed by atoms with E-state index in [1.165, 1.54) is 29.1 Å². The summed E-state index contributed by atoms with van der Waals surface area (Å²) < 4.78 is 67.4. The molecule has 0 unspecified atom stereocenters. The molecule has 1 aromatic heterocycles. The van der Waals surface area contributed by atoms with Gasteiger partial charge in [-0.05, 0) is 30.7 Å². The lowest BCUT2D eigenvalue weighted by molar-refractivity contribution is -0.137. The molecule has 3 rings (SSSR count). The van der Waals surface area contributed by atoms with Gasteiger partial charge in [-0.3, -0.25) is 4.79 Å². The van der Waals surface area contributed by atoms with Crippen LogP contribution in [0.15, 0.2) is 36.5 Å². The summed E-state index contributed by atoms with van der Waals surface area (Å²) >= 11 is 0. The van der Waals surface area contributed by atoms with Crippen LogP contribution in [-0.4, -0.2) is 41.7 Å². The molecule has 1 amide bonds. The molecule has 1 fully saturated rings. The van der Waals surface area contributed by atoms with Crippen LogP contribution in [0.4, 0.5) is 13.2 Å². The quantitative estimate of drug-likeness (QED) is 0.823. The minimum Gasteiger partial charge on any atom is -0.471 e. The zero-order chi connectivity index (χ0) is 19.7. The second-order valence-corrected chi connectivity index (χ2v) is 8.34. The van der Waals surface area contributed by atoms with E-state index >= 15 is 0 Å². The normalized spacial score (nSPS) is 19.0. The number of hydrogen-bond acceptors (Lipinski definition) is 5. The second kappa shape index (κ2) is 7.22. The summed E-state index contributed by atoms with van der Waals surface area (Å²) in [7, 11) is -3.11. The number of nitrogens with zero attached hydrogens (tertiary/aromatic N) is 2. The molecule has 27 heavy (non-hydrogen) atoms. The standard InChI is InChI=1S/C16H16F3N3O4S/c17-16(18,19)11-2-1-3-13(8-11)26-10-22-6-4-14(21-22)15(23)20-12-5-7-27(24,25)9-12/h1-4,6,8,12H,5,7,9-10H2,(H,20,23)/t12-/m1/s1. The molecule has 0 bridgehead atoms. The number of aromatic nitrogens is 2. The zero-order valence-electron chi connectivity index (χ0n) is 13.9. The fourth-order valence-electron chi connectivity index (χ4n) is 2.63. The van der Waals surface area contributed by atoms with E-state index in [2.05, 4.69) is 10.4 Å². The number of rotatable bonds is 5. The van der Waals surface area contributed by atoms with E-state index in [0.29, 0.717) is 6.42 Å². The summed E-state index contributed by atoms with van der Waals surface area (Å²) in [5, 5.41) is 6.59. The van der Waals surface area contributed by atoms with Gasteiger partial charge in [-0.15, -0.1) is 0 Å². The SMILES string of the molecule is O=C(N[C@@H]1CCS(=O)(=O)C1)c1ccn(COc2cccc(C(F)(F)F)c2)n1. The Hall–Kier alpha value is -2.56. The van der Waals surface area contributed by atoms with E-state index < -0.39 is 33.5 Å². The molecule has 0 spiro atoms. The predicted octanol–water partition coefficient (Wildman–Crippen LogP) is 1.86. The average molecular weight is 403 g/mol. The van der Waals surface area contributed by atoms with E-state index in [0.717, 1.165) is 12.1 Å². The van der Waals surface area contributed by atoms with Gasteiger partial charge in [0.05, 0.1) is 17.1 Å². The fourth-order valence-corrected chi connectivity index (χ4v) is 4.30. The smallest absolute Gasteiger partial charge is 0.416 e. The first-order valence-corrected chi connectivity index (χ1v) is 9.79. The molecule has 146 valence electrons. The molecular weight excluding hydrogens is 387 g/mol. The van der Waals surface area contributed by atoms with Gasteiger partial charge >= 0.3 is 6.18 Å². The number of hydrogen-bond donors (Lipinski definition) is 1. The van der Waals surface area contributed by atoms with Crippen molar-refractivity contribution in [2.24, 2.45) is 0 Å². The van der Waals surface area contributed by atoms with Crippen molar-refractivity contribution in [1.29, 1.82) is 0 Å². The third-order valence-electron chi connectivity index (χ3n) is 3.97. The van der Waals surface area contributed by atoms with Crippen LogP contribution in [0.5, 0.6) is 5.75 Å². The lowest BCUT2D eigenvalue weighted by atomic mass is 10.2. The summed E-state index contributed by atoms with van der Waals surface area (Å²) in [6.07, 6.45) is -2.68. The number of halogens is 3. The Labute approximate surface area is 153 Å². The molecule has 1 aliphatic rings. The van der Waals surface area contributed by atoms with Gasteiger partial charge in [-0.25, -0.2) is 13.1 Å². The van der Waals surface area contributed by atoms with E-state index in [9.17, 15) is 26.4 Å². The molecule has 11 heteroatoms. The number of benzene rings is 1. The summed E-state index contributed by atoms with van der Waals surface area (Å²) in [6, 6.07) is 5.38. The molecular formula is C16H16F3N3O4S. The highest BCUT2D eigenvalue weighted by molar-refractivity contribution is 7.91. The average Bonchev–Trinajstić information content (AvgIpc) is 3.19. The van der Waals surface area contributed by atoms with Gasteiger partial charge in [0.1, 0.15) is 11.4 Å². The van der Waals surface area contributed by atoms with Crippen molar-refractivity contribution in [1.82, 2.24) is 15.1 Å². The van der Waals surface area contributed by atoms with Crippen LogP contribution in [0.3, 0.4) is 0 Å². The molecule has 1 saturated heterocycles. The maximum atomic E-state index is 12.7. The number of ether oxygens (including phenoxy) is 1. The minimum atomic E-state index is -4.47. The molecule has 2 aromatic rings. The topological polar surface area (TPSA) is 90.3 Å². The summed E-state index contributed by atoms with van der Waals surface area (Å²) in [4.78, 5) is 12.1. The predicted molar refractivity (Wildman–Crippen MR) is 88.8 cm³/mol. The van der Waals surface area contributed by atoms with Gasteiger partial charge in [0.2, 0.25) is 0 Å². The minimum absolute atomic E-state index is 0.0162. The Bertz CT molecular complexity index is 940. The molecule has 7 nitrogen and oxygen atoms in total. The first-order valence-electron chi connectivity index (χ1n) is 7.97. The molecule has 1 aromatic carbocycles. The number of nitrogens with one attached hydrogen (secondary N) is 1. The number of carbonyl (C=O) groups is 1. The lowest BCUT2D eigenvalue weighted by Crippen LogP contribution is -2.35. The van der Waals surface area contributed by atoms with Crippen LogP contribution in [0, 0.1) is 0 Å².